The van der Waals surface area contributed by atoms with Gasteiger partial charge in [0.05, 0.1) is 0 Å². The standard InChI is InChI=1S/C25H19FO5/c1-16-13-21(27)24(29-15-18-5-3-2-4-6-18)25(30-16)23(28)22-12-11-20(31-22)14-17-7-9-19(26)10-8-17/h2-13H,14-15H2,1H3. The summed E-state index contributed by atoms with van der Waals surface area (Å²) < 4.78 is 30.0. The summed E-state index contributed by atoms with van der Waals surface area (Å²) in [6.45, 7) is 1.70. The first-order valence-electron chi connectivity index (χ1n) is 9.69. The van der Waals surface area contributed by atoms with Gasteiger partial charge >= 0.3 is 0 Å². The van der Waals surface area contributed by atoms with E-state index in [4.69, 9.17) is 13.6 Å². The Morgan fingerprint density at radius 3 is 2.42 bits per heavy atom. The highest BCUT2D eigenvalue weighted by atomic mass is 19.1. The van der Waals surface area contributed by atoms with Gasteiger partial charge in [0.1, 0.15) is 23.9 Å². The van der Waals surface area contributed by atoms with Crippen LogP contribution < -0.4 is 10.2 Å². The van der Waals surface area contributed by atoms with Crippen LogP contribution in [0.3, 0.4) is 0 Å². The SMILES string of the molecule is Cc1cc(=O)c(OCc2ccccc2)c(C(=O)c2ccc(Cc3ccc(F)cc3)o2)o1. The molecule has 2 heterocycles. The minimum Gasteiger partial charge on any atom is -0.481 e. The lowest BCUT2D eigenvalue weighted by molar-refractivity contribution is 0.0969. The molecule has 4 rings (SSSR count). The van der Waals surface area contributed by atoms with Crippen molar-refractivity contribution < 1.29 is 22.8 Å². The van der Waals surface area contributed by atoms with Gasteiger partial charge in [-0.2, -0.15) is 0 Å². The highest BCUT2D eigenvalue weighted by Gasteiger charge is 2.24. The van der Waals surface area contributed by atoms with Gasteiger partial charge in [-0.1, -0.05) is 42.5 Å². The van der Waals surface area contributed by atoms with Gasteiger partial charge in [0, 0.05) is 12.5 Å². The molecule has 2 aromatic heterocycles. The lowest BCUT2D eigenvalue weighted by Gasteiger charge is -2.09. The van der Waals surface area contributed by atoms with E-state index in [1.165, 1.54) is 24.3 Å². The molecule has 4 aromatic rings. The molecular weight excluding hydrogens is 399 g/mol. The van der Waals surface area contributed by atoms with Gasteiger partial charge in [-0.25, -0.2) is 4.39 Å². The molecule has 0 N–H and O–H groups in total. The fourth-order valence-electron chi connectivity index (χ4n) is 3.13. The zero-order valence-electron chi connectivity index (χ0n) is 16.8. The molecule has 0 unspecified atom stereocenters. The number of hydrogen-bond acceptors (Lipinski definition) is 5. The third-order valence-corrected chi connectivity index (χ3v) is 4.64. The first-order chi connectivity index (χ1) is 15.0. The number of carbonyl (C=O) groups is 1. The maximum atomic E-state index is 13.1. The number of hydrogen-bond donors (Lipinski definition) is 0. The summed E-state index contributed by atoms with van der Waals surface area (Å²) >= 11 is 0. The number of furan rings is 1. The number of ether oxygens (including phenoxy) is 1. The summed E-state index contributed by atoms with van der Waals surface area (Å²) in [6, 6.07) is 19.8. The van der Waals surface area contributed by atoms with Crippen LogP contribution in [0, 0.1) is 12.7 Å². The van der Waals surface area contributed by atoms with Gasteiger partial charge in [0.15, 0.2) is 5.76 Å². The van der Waals surface area contributed by atoms with Gasteiger partial charge < -0.3 is 13.6 Å². The number of aryl methyl sites for hydroxylation is 1. The smallest absolute Gasteiger partial charge is 0.267 e. The number of benzene rings is 2. The third-order valence-electron chi connectivity index (χ3n) is 4.64. The Hall–Kier alpha value is -3.93. The molecule has 0 saturated carbocycles. The zero-order chi connectivity index (χ0) is 21.8. The van der Waals surface area contributed by atoms with Crippen LogP contribution in [0.4, 0.5) is 4.39 Å². The lowest BCUT2D eigenvalue weighted by Crippen LogP contribution is -2.14. The summed E-state index contributed by atoms with van der Waals surface area (Å²) in [7, 11) is 0. The van der Waals surface area contributed by atoms with Gasteiger partial charge in [0.25, 0.3) is 5.78 Å². The second kappa shape index (κ2) is 8.83. The summed E-state index contributed by atoms with van der Waals surface area (Å²) in [4.78, 5) is 25.5. The van der Waals surface area contributed by atoms with Crippen molar-refractivity contribution in [3.8, 4) is 5.75 Å². The van der Waals surface area contributed by atoms with E-state index in [-0.39, 0.29) is 29.7 Å². The largest absolute Gasteiger partial charge is 0.481 e. The van der Waals surface area contributed by atoms with E-state index in [0.29, 0.717) is 17.9 Å². The predicted octanol–water partition coefficient (Wildman–Crippen LogP) is 5.08. The number of rotatable bonds is 7. The Labute approximate surface area is 177 Å². The second-order valence-electron chi connectivity index (χ2n) is 7.05. The van der Waals surface area contributed by atoms with Crippen molar-refractivity contribution in [2.75, 3.05) is 0 Å². The minimum absolute atomic E-state index is 0.0235. The van der Waals surface area contributed by atoms with Crippen molar-refractivity contribution in [1.29, 1.82) is 0 Å². The van der Waals surface area contributed by atoms with Crippen LogP contribution in [0.15, 0.2) is 86.4 Å². The number of carbonyl (C=O) groups excluding carboxylic acids is 1. The van der Waals surface area contributed by atoms with Crippen molar-refractivity contribution in [1.82, 2.24) is 0 Å². The molecule has 0 spiro atoms. The Morgan fingerprint density at radius 1 is 0.935 bits per heavy atom. The fourth-order valence-corrected chi connectivity index (χ4v) is 3.13. The molecule has 0 aliphatic heterocycles. The quantitative estimate of drug-likeness (QED) is 0.392. The predicted molar refractivity (Wildman–Crippen MR) is 112 cm³/mol. The molecule has 6 heteroatoms. The van der Waals surface area contributed by atoms with Crippen LogP contribution in [0.2, 0.25) is 0 Å². The maximum absolute atomic E-state index is 13.1. The highest BCUT2D eigenvalue weighted by molar-refractivity contribution is 6.06. The van der Waals surface area contributed by atoms with E-state index in [0.717, 1.165) is 11.1 Å². The summed E-state index contributed by atoms with van der Waals surface area (Å²) in [5.74, 6) is -0.434. The fraction of sp³-hybridized carbons (Fsp3) is 0.120. The van der Waals surface area contributed by atoms with Crippen molar-refractivity contribution in [2.24, 2.45) is 0 Å². The summed E-state index contributed by atoms with van der Waals surface area (Å²) in [6.07, 6.45) is 0.392. The Kier molecular flexibility index (Phi) is 5.80. The minimum atomic E-state index is -0.589. The Morgan fingerprint density at radius 2 is 1.68 bits per heavy atom. The van der Waals surface area contributed by atoms with Crippen molar-refractivity contribution >= 4 is 5.78 Å². The summed E-state index contributed by atoms with van der Waals surface area (Å²) in [5.41, 5.74) is 1.24. The van der Waals surface area contributed by atoms with Gasteiger partial charge in [-0.3, -0.25) is 9.59 Å². The molecule has 0 saturated heterocycles. The van der Waals surface area contributed by atoms with E-state index >= 15 is 0 Å². The molecule has 0 radical (unpaired) electrons. The maximum Gasteiger partial charge on any atom is 0.267 e. The van der Waals surface area contributed by atoms with Crippen molar-refractivity contribution in [3.05, 3.63) is 123 Å². The van der Waals surface area contributed by atoms with Crippen molar-refractivity contribution in [3.63, 3.8) is 0 Å². The van der Waals surface area contributed by atoms with Crippen LogP contribution >= 0.6 is 0 Å². The van der Waals surface area contributed by atoms with Gasteiger partial charge in [-0.05, 0) is 42.3 Å². The summed E-state index contributed by atoms with van der Waals surface area (Å²) in [5, 5.41) is 0. The average Bonchev–Trinajstić information content (AvgIpc) is 3.23. The Balaban J connectivity index is 1.58. The van der Waals surface area contributed by atoms with E-state index in [2.05, 4.69) is 0 Å². The zero-order valence-corrected chi connectivity index (χ0v) is 16.8. The molecular formula is C25H19FO5. The van der Waals surface area contributed by atoms with E-state index in [9.17, 15) is 14.0 Å². The normalized spacial score (nSPS) is 10.8. The molecule has 0 amide bonds. The molecule has 156 valence electrons. The first kappa shape index (κ1) is 20.3. The molecule has 0 bridgehead atoms. The third kappa shape index (κ3) is 4.80. The monoisotopic (exact) mass is 418 g/mol. The van der Waals surface area contributed by atoms with E-state index < -0.39 is 11.2 Å². The van der Waals surface area contributed by atoms with Gasteiger partial charge in [0.2, 0.25) is 16.9 Å². The van der Waals surface area contributed by atoms with E-state index in [1.54, 1.807) is 25.1 Å². The molecule has 0 aliphatic carbocycles. The lowest BCUT2D eigenvalue weighted by atomic mass is 10.1. The van der Waals surface area contributed by atoms with Gasteiger partial charge in [-0.15, -0.1) is 0 Å². The molecule has 31 heavy (non-hydrogen) atoms. The Bertz CT molecular complexity index is 1250. The molecule has 2 aromatic carbocycles. The van der Waals surface area contributed by atoms with Crippen LogP contribution in [0.1, 0.15) is 39.0 Å². The molecule has 0 aliphatic rings. The van der Waals surface area contributed by atoms with Crippen molar-refractivity contribution in [2.45, 2.75) is 20.0 Å². The van der Waals surface area contributed by atoms with Crippen LogP contribution in [-0.2, 0) is 13.0 Å². The van der Waals surface area contributed by atoms with Crippen LogP contribution in [0.5, 0.6) is 5.75 Å². The molecule has 0 atom stereocenters. The van der Waals surface area contributed by atoms with E-state index in [1.807, 2.05) is 30.3 Å². The van der Waals surface area contributed by atoms with Crippen LogP contribution in [-0.4, -0.2) is 5.78 Å². The average molecular weight is 418 g/mol. The highest BCUT2D eigenvalue weighted by Crippen LogP contribution is 2.23. The molecule has 5 nitrogen and oxygen atoms in total. The van der Waals surface area contributed by atoms with Crippen LogP contribution in [0.25, 0.3) is 0 Å². The topological polar surface area (TPSA) is 69.7 Å². The second-order valence-corrected chi connectivity index (χ2v) is 7.05. The number of halogens is 1. The molecule has 0 fully saturated rings. The number of ketones is 1. The first-order valence-corrected chi connectivity index (χ1v) is 9.69.